The zero-order valence-electron chi connectivity index (χ0n) is 17.2. The van der Waals surface area contributed by atoms with E-state index in [2.05, 4.69) is 33.1 Å². The predicted molar refractivity (Wildman–Crippen MR) is 122 cm³/mol. The van der Waals surface area contributed by atoms with Crippen LogP contribution >= 0.6 is 11.8 Å². The van der Waals surface area contributed by atoms with E-state index in [-0.39, 0.29) is 5.91 Å². The molecule has 158 valence electrons. The molecule has 6 nitrogen and oxygen atoms in total. The molecule has 1 saturated heterocycles. The van der Waals surface area contributed by atoms with Gasteiger partial charge in [0.25, 0.3) is 0 Å². The highest BCUT2D eigenvalue weighted by Crippen LogP contribution is 2.23. The molecule has 0 atom stereocenters. The molecule has 0 radical (unpaired) electrons. The average molecular weight is 426 g/mol. The third kappa shape index (κ3) is 5.36. The molecule has 4 rings (SSSR count). The van der Waals surface area contributed by atoms with Crippen molar-refractivity contribution in [2.24, 2.45) is 0 Å². The lowest BCUT2D eigenvalue weighted by atomic mass is 10.2. The van der Waals surface area contributed by atoms with Crippen molar-refractivity contribution in [3.05, 3.63) is 54.7 Å². The first-order valence-electron chi connectivity index (χ1n) is 10.2. The van der Waals surface area contributed by atoms with Gasteiger partial charge in [-0.25, -0.2) is 0 Å². The third-order valence-corrected chi connectivity index (χ3v) is 6.26. The van der Waals surface area contributed by atoms with Crippen LogP contribution in [0.5, 0.6) is 5.75 Å². The molecule has 0 saturated carbocycles. The van der Waals surface area contributed by atoms with E-state index in [1.165, 1.54) is 17.3 Å². The number of carbonyl (C=O) groups is 1. The van der Waals surface area contributed by atoms with Crippen LogP contribution in [0.2, 0.25) is 0 Å². The monoisotopic (exact) mass is 425 g/mol. The van der Waals surface area contributed by atoms with Crippen molar-refractivity contribution in [1.82, 2.24) is 9.47 Å². The van der Waals surface area contributed by atoms with Gasteiger partial charge in [0.15, 0.2) is 0 Å². The van der Waals surface area contributed by atoms with Crippen LogP contribution < -0.4 is 10.1 Å². The number of hydrogen-bond donors (Lipinski definition) is 1. The van der Waals surface area contributed by atoms with Crippen LogP contribution in [-0.2, 0) is 16.1 Å². The van der Waals surface area contributed by atoms with E-state index in [0.29, 0.717) is 5.75 Å². The molecule has 30 heavy (non-hydrogen) atoms. The summed E-state index contributed by atoms with van der Waals surface area (Å²) in [4.78, 5) is 15.8. The average Bonchev–Trinajstić information content (AvgIpc) is 3.19. The summed E-state index contributed by atoms with van der Waals surface area (Å²) in [5.74, 6) is 1.17. The first kappa shape index (κ1) is 20.8. The number of nitrogens with one attached hydrogen (secondary N) is 1. The lowest BCUT2D eigenvalue weighted by Crippen LogP contribution is -2.38. The van der Waals surface area contributed by atoms with E-state index < -0.39 is 0 Å². The van der Waals surface area contributed by atoms with E-state index in [1.54, 1.807) is 7.11 Å². The van der Waals surface area contributed by atoms with Crippen molar-refractivity contribution in [2.45, 2.75) is 11.4 Å². The molecule has 7 heteroatoms. The number of ether oxygens (including phenoxy) is 2. The quantitative estimate of drug-likeness (QED) is 0.558. The lowest BCUT2D eigenvalue weighted by molar-refractivity contribution is -0.113. The standard InChI is InChI=1S/C23H27N3O3S/c1-28-20-3-5-21(6-4-20)30-17-23(27)24-19-2-7-22-18(16-19)8-9-26(22)11-10-25-12-14-29-15-13-25/h2-9,16H,10-15,17H2,1H3,(H,24,27). The van der Waals surface area contributed by atoms with Crippen molar-refractivity contribution >= 4 is 34.3 Å². The second-order valence-corrected chi connectivity index (χ2v) is 8.30. The van der Waals surface area contributed by atoms with E-state index in [0.717, 1.165) is 61.1 Å². The molecule has 3 aromatic rings. The van der Waals surface area contributed by atoms with Gasteiger partial charge < -0.3 is 19.4 Å². The zero-order valence-corrected chi connectivity index (χ0v) is 18.0. The molecule has 0 bridgehead atoms. The maximum absolute atomic E-state index is 12.4. The minimum absolute atomic E-state index is 0.0121. The van der Waals surface area contributed by atoms with Crippen molar-refractivity contribution in [3.63, 3.8) is 0 Å². The molecule has 1 aromatic heterocycles. The van der Waals surface area contributed by atoms with Gasteiger partial charge in [-0.3, -0.25) is 9.69 Å². The van der Waals surface area contributed by atoms with Crippen LogP contribution in [0.3, 0.4) is 0 Å². The first-order chi connectivity index (χ1) is 14.7. The Kier molecular flexibility index (Phi) is 6.94. The fourth-order valence-corrected chi connectivity index (χ4v) is 4.26. The maximum Gasteiger partial charge on any atom is 0.234 e. The minimum Gasteiger partial charge on any atom is -0.497 e. The second kappa shape index (κ2) is 10.0. The molecular formula is C23H27N3O3S. The number of nitrogens with zero attached hydrogens (tertiary/aromatic N) is 2. The highest BCUT2D eigenvalue weighted by molar-refractivity contribution is 8.00. The van der Waals surface area contributed by atoms with Crippen molar-refractivity contribution in [2.75, 3.05) is 51.0 Å². The number of aromatic nitrogens is 1. The summed E-state index contributed by atoms with van der Waals surface area (Å²) >= 11 is 1.51. The molecule has 2 aromatic carbocycles. The van der Waals surface area contributed by atoms with Gasteiger partial charge in [-0.1, -0.05) is 0 Å². The van der Waals surface area contributed by atoms with Crippen molar-refractivity contribution in [3.8, 4) is 5.75 Å². The molecule has 0 spiro atoms. The number of thioether (sulfide) groups is 1. The Morgan fingerprint density at radius 1 is 1.10 bits per heavy atom. The van der Waals surface area contributed by atoms with Gasteiger partial charge in [0, 0.05) is 53.9 Å². The molecule has 0 aliphatic carbocycles. The smallest absolute Gasteiger partial charge is 0.234 e. The van der Waals surface area contributed by atoms with E-state index in [4.69, 9.17) is 9.47 Å². The van der Waals surface area contributed by atoms with Gasteiger partial charge >= 0.3 is 0 Å². The summed E-state index contributed by atoms with van der Waals surface area (Å²) < 4.78 is 12.8. The SMILES string of the molecule is COc1ccc(SCC(=O)Nc2ccc3c(ccn3CCN3CCOCC3)c2)cc1. The number of rotatable bonds is 8. The Hall–Kier alpha value is -2.48. The van der Waals surface area contributed by atoms with Gasteiger partial charge in [-0.2, -0.15) is 0 Å². The number of carbonyl (C=O) groups excluding carboxylic acids is 1. The largest absolute Gasteiger partial charge is 0.497 e. The summed E-state index contributed by atoms with van der Waals surface area (Å²) in [5.41, 5.74) is 2.02. The van der Waals surface area contributed by atoms with E-state index in [9.17, 15) is 4.79 Å². The molecule has 0 unspecified atom stereocenters. The van der Waals surface area contributed by atoms with Crippen LogP contribution in [0, 0.1) is 0 Å². The minimum atomic E-state index is -0.0121. The second-order valence-electron chi connectivity index (χ2n) is 7.25. The molecule has 1 fully saturated rings. The Morgan fingerprint density at radius 3 is 2.67 bits per heavy atom. The van der Waals surface area contributed by atoms with Crippen molar-refractivity contribution in [1.29, 1.82) is 0 Å². The Bertz CT molecular complexity index is 981. The summed E-state index contributed by atoms with van der Waals surface area (Å²) in [6.07, 6.45) is 2.12. The summed E-state index contributed by atoms with van der Waals surface area (Å²) in [6, 6.07) is 15.9. The molecule has 2 heterocycles. The van der Waals surface area contributed by atoms with Crippen LogP contribution in [-0.4, -0.2) is 61.1 Å². The molecule has 1 aliphatic heterocycles. The van der Waals surface area contributed by atoms with Gasteiger partial charge in [-0.05, 0) is 48.5 Å². The molecular weight excluding hydrogens is 398 g/mol. The molecule has 1 amide bonds. The van der Waals surface area contributed by atoms with Crippen LogP contribution in [0.25, 0.3) is 10.9 Å². The molecule has 1 aliphatic rings. The van der Waals surface area contributed by atoms with Gasteiger partial charge in [0.2, 0.25) is 5.91 Å². The number of morpholine rings is 1. The fraction of sp³-hybridized carbons (Fsp3) is 0.348. The fourth-order valence-electron chi connectivity index (χ4n) is 3.56. The third-order valence-electron chi connectivity index (χ3n) is 5.24. The molecule has 1 N–H and O–H groups in total. The number of anilines is 1. The number of benzene rings is 2. The topological polar surface area (TPSA) is 55.7 Å². The predicted octanol–water partition coefficient (Wildman–Crippen LogP) is 3.71. The first-order valence-corrected chi connectivity index (χ1v) is 11.2. The summed E-state index contributed by atoms with van der Waals surface area (Å²) in [6.45, 7) is 5.63. The highest BCUT2D eigenvalue weighted by atomic mass is 32.2. The van der Waals surface area contributed by atoms with Gasteiger partial charge in [0.05, 0.1) is 26.1 Å². The van der Waals surface area contributed by atoms with Crippen LogP contribution in [0.15, 0.2) is 59.6 Å². The van der Waals surface area contributed by atoms with Crippen LogP contribution in [0.4, 0.5) is 5.69 Å². The number of amides is 1. The van der Waals surface area contributed by atoms with Crippen LogP contribution in [0.1, 0.15) is 0 Å². The van der Waals surface area contributed by atoms with Crippen molar-refractivity contribution < 1.29 is 14.3 Å². The number of hydrogen-bond acceptors (Lipinski definition) is 5. The Labute approximate surface area is 181 Å². The number of methoxy groups -OCH3 is 1. The Balaban J connectivity index is 1.31. The lowest BCUT2D eigenvalue weighted by Gasteiger charge is -2.26. The van der Waals surface area contributed by atoms with Gasteiger partial charge in [0.1, 0.15) is 5.75 Å². The summed E-state index contributed by atoms with van der Waals surface area (Å²) in [5, 5.41) is 4.14. The van der Waals surface area contributed by atoms with E-state index in [1.807, 2.05) is 36.4 Å². The number of fused-ring (bicyclic) bond motifs is 1. The normalized spacial score (nSPS) is 14.7. The zero-order chi connectivity index (χ0) is 20.8. The van der Waals surface area contributed by atoms with E-state index >= 15 is 0 Å². The Morgan fingerprint density at radius 2 is 1.90 bits per heavy atom. The van der Waals surface area contributed by atoms with Gasteiger partial charge in [-0.15, -0.1) is 11.8 Å². The summed E-state index contributed by atoms with van der Waals surface area (Å²) in [7, 11) is 1.64. The highest BCUT2D eigenvalue weighted by Gasteiger charge is 2.11. The maximum atomic E-state index is 12.4.